The first-order chi connectivity index (χ1) is 9.45. The molecule has 0 aromatic carbocycles. The van der Waals surface area contributed by atoms with Crippen LogP contribution in [0.1, 0.15) is 26.5 Å². The average Bonchev–Trinajstić information content (AvgIpc) is 2.37. The number of aliphatic hydroxyl groups is 1. The number of ether oxygens (including phenoxy) is 1. The van der Waals surface area contributed by atoms with Crippen LogP contribution in [-0.4, -0.2) is 38.9 Å². The van der Waals surface area contributed by atoms with Crippen molar-refractivity contribution >= 4 is 11.8 Å². The molecule has 0 spiro atoms. The van der Waals surface area contributed by atoms with E-state index >= 15 is 0 Å². The smallest absolute Gasteiger partial charge is 0.330 e. The molecule has 114 valence electrons. The third kappa shape index (κ3) is 5.10. The van der Waals surface area contributed by atoms with Crippen LogP contribution < -0.4 is 11.2 Å². The van der Waals surface area contributed by atoms with Crippen molar-refractivity contribution in [1.29, 1.82) is 0 Å². The minimum atomic E-state index is -1.04. The Labute approximate surface area is 120 Å². The molecule has 0 unspecified atom stereocenters. The van der Waals surface area contributed by atoms with Gasteiger partial charge in [-0.05, 0) is 19.6 Å². The Kier molecular flexibility index (Phi) is 6.97. The number of halogens is 1. The Hall–Kier alpha value is -1.12. The van der Waals surface area contributed by atoms with Crippen molar-refractivity contribution < 1.29 is 14.2 Å². The van der Waals surface area contributed by atoms with E-state index in [9.17, 15) is 14.0 Å². The lowest BCUT2D eigenvalue weighted by Crippen LogP contribution is -2.35. The first-order valence-electron chi connectivity index (χ1n) is 6.30. The van der Waals surface area contributed by atoms with Crippen molar-refractivity contribution in [3.05, 3.63) is 32.9 Å². The Balaban J connectivity index is 2.89. The molecular formula is C12H19FN2O4S. The molecule has 6 nitrogen and oxygen atoms in total. The Morgan fingerprint density at radius 2 is 2.15 bits per heavy atom. The highest BCUT2D eigenvalue weighted by atomic mass is 32.2. The third-order valence-corrected chi connectivity index (χ3v) is 3.40. The van der Waals surface area contributed by atoms with Crippen LogP contribution in [0.4, 0.5) is 4.39 Å². The third-order valence-electron chi connectivity index (χ3n) is 2.41. The van der Waals surface area contributed by atoms with Crippen LogP contribution in [0.3, 0.4) is 0 Å². The summed E-state index contributed by atoms with van der Waals surface area (Å²) in [6, 6.07) is 0. The molecule has 0 aliphatic carbocycles. The molecule has 1 heterocycles. The largest absolute Gasteiger partial charge is 0.396 e. The molecule has 0 aliphatic heterocycles. The van der Waals surface area contributed by atoms with Gasteiger partial charge in [0, 0.05) is 12.2 Å². The number of nitrogens with zero attached hydrogens (tertiary/aromatic N) is 1. The van der Waals surface area contributed by atoms with E-state index in [1.807, 2.05) is 4.98 Å². The summed E-state index contributed by atoms with van der Waals surface area (Å²) >= 11 is 1.51. The molecule has 0 radical (unpaired) electrons. The van der Waals surface area contributed by atoms with E-state index in [-0.39, 0.29) is 12.7 Å². The molecule has 0 saturated heterocycles. The average molecular weight is 306 g/mol. The van der Waals surface area contributed by atoms with Crippen LogP contribution in [0.25, 0.3) is 0 Å². The number of aromatic nitrogens is 2. The summed E-state index contributed by atoms with van der Waals surface area (Å²) in [6.07, 6.45) is 0.531. The van der Waals surface area contributed by atoms with Gasteiger partial charge < -0.3 is 9.84 Å². The van der Waals surface area contributed by atoms with Crippen molar-refractivity contribution in [2.75, 3.05) is 18.1 Å². The van der Waals surface area contributed by atoms with E-state index in [2.05, 4.69) is 0 Å². The van der Waals surface area contributed by atoms with E-state index in [4.69, 9.17) is 9.84 Å². The fourth-order valence-corrected chi connectivity index (χ4v) is 2.31. The van der Waals surface area contributed by atoms with Gasteiger partial charge in [-0.2, -0.15) is 16.2 Å². The van der Waals surface area contributed by atoms with Gasteiger partial charge in [0.05, 0.1) is 18.9 Å². The second-order valence-corrected chi connectivity index (χ2v) is 5.63. The predicted octanol–water partition coefficient (Wildman–Crippen LogP) is 0.715. The summed E-state index contributed by atoms with van der Waals surface area (Å²) in [7, 11) is 0. The molecule has 8 heteroatoms. The molecule has 2 N–H and O–H groups in total. The van der Waals surface area contributed by atoms with Gasteiger partial charge >= 0.3 is 5.69 Å². The summed E-state index contributed by atoms with van der Waals surface area (Å²) in [5.74, 6) is 0.207. The molecule has 1 atom stereocenters. The summed E-state index contributed by atoms with van der Waals surface area (Å²) < 4.78 is 19.9. The van der Waals surface area contributed by atoms with Gasteiger partial charge in [-0.25, -0.2) is 4.79 Å². The van der Waals surface area contributed by atoms with Crippen LogP contribution >= 0.6 is 11.8 Å². The Morgan fingerprint density at radius 3 is 2.75 bits per heavy atom. The number of aliphatic hydroxyl groups excluding tert-OH is 1. The SMILES string of the molecule is CC(C)O[C@@H](CCSCCO)n1cc(F)c(=O)[nH]c1=O. The molecule has 0 bridgehead atoms. The maximum atomic E-state index is 13.3. The maximum Gasteiger partial charge on any atom is 0.330 e. The van der Waals surface area contributed by atoms with Crippen molar-refractivity contribution in [3.8, 4) is 0 Å². The predicted molar refractivity (Wildman–Crippen MR) is 75.6 cm³/mol. The molecule has 1 aromatic rings. The van der Waals surface area contributed by atoms with E-state index in [0.717, 1.165) is 10.8 Å². The fraction of sp³-hybridized carbons (Fsp3) is 0.667. The number of hydrogen-bond acceptors (Lipinski definition) is 5. The van der Waals surface area contributed by atoms with Gasteiger partial charge in [0.1, 0.15) is 6.23 Å². The molecule has 0 fully saturated rings. The van der Waals surface area contributed by atoms with Crippen molar-refractivity contribution in [2.45, 2.75) is 32.6 Å². The van der Waals surface area contributed by atoms with Crippen molar-refractivity contribution in [3.63, 3.8) is 0 Å². The zero-order valence-corrected chi connectivity index (χ0v) is 12.3. The first kappa shape index (κ1) is 16.9. The van der Waals surface area contributed by atoms with Crippen LogP contribution in [-0.2, 0) is 4.74 Å². The lowest BCUT2D eigenvalue weighted by atomic mass is 10.4. The van der Waals surface area contributed by atoms with E-state index in [1.54, 1.807) is 13.8 Å². The summed E-state index contributed by atoms with van der Waals surface area (Å²) in [4.78, 5) is 24.6. The number of aromatic amines is 1. The minimum Gasteiger partial charge on any atom is -0.396 e. The molecule has 1 aromatic heterocycles. The summed E-state index contributed by atoms with van der Waals surface area (Å²) in [5, 5.41) is 8.71. The topological polar surface area (TPSA) is 84.3 Å². The first-order valence-corrected chi connectivity index (χ1v) is 7.46. The lowest BCUT2D eigenvalue weighted by molar-refractivity contribution is -0.0417. The number of thioether (sulfide) groups is 1. The number of nitrogens with one attached hydrogen (secondary N) is 1. The second-order valence-electron chi connectivity index (χ2n) is 4.41. The standard InChI is InChI=1S/C12H19FN2O4S/c1-8(2)19-10(3-5-20-6-4-16)15-7-9(13)11(17)14-12(15)18/h7-8,10,16H,3-6H2,1-2H3,(H,14,17,18)/t10-/m0/s1. The second kappa shape index (κ2) is 8.23. The minimum absolute atomic E-state index is 0.0770. The zero-order chi connectivity index (χ0) is 15.1. The maximum absolute atomic E-state index is 13.3. The monoisotopic (exact) mass is 306 g/mol. The van der Waals surface area contributed by atoms with Crippen LogP contribution in [0, 0.1) is 5.82 Å². The normalized spacial score (nSPS) is 12.8. The quantitative estimate of drug-likeness (QED) is 0.691. The van der Waals surface area contributed by atoms with E-state index in [0.29, 0.717) is 17.9 Å². The van der Waals surface area contributed by atoms with Crippen LogP contribution in [0.5, 0.6) is 0 Å². The van der Waals surface area contributed by atoms with Gasteiger partial charge in [-0.1, -0.05) is 0 Å². The van der Waals surface area contributed by atoms with Crippen molar-refractivity contribution in [2.24, 2.45) is 0 Å². The highest BCUT2D eigenvalue weighted by Crippen LogP contribution is 2.17. The Bertz CT molecular complexity index is 529. The molecule has 1 rings (SSSR count). The molecular weight excluding hydrogens is 287 g/mol. The van der Waals surface area contributed by atoms with E-state index in [1.165, 1.54) is 11.8 Å². The van der Waals surface area contributed by atoms with Crippen LogP contribution in [0.2, 0.25) is 0 Å². The highest BCUT2D eigenvalue weighted by molar-refractivity contribution is 7.99. The Morgan fingerprint density at radius 1 is 1.45 bits per heavy atom. The highest BCUT2D eigenvalue weighted by Gasteiger charge is 2.16. The number of rotatable bonds is 8. The lowest BCUT2D eigenvalue weighted by Gasteiger charge is -2.22. The fourth-order valence-electron chi connectivity index (χ4n) is 1.61. The van der Waals surface area contributed by atoms with Crippen LogP contribution in [0.15, 0.2) is 15.8 Å². The van der Waals surface area contributed by atoms with Gasteiger partial charge in [0.2, 0.25) is 5.82 Å². The zero-order valence-electron chi connectivity index (χ0n) is 11.5. The molecule has 0 saturated carbocycles. The summed E-state index contributed by atoms with van der Waals surface area (Å²) in [6.45, 7) is 3.69. The summed E-state index contributed by atoms with van der Waals surface area (Å²) in [5.41, 5.74) is -1.74. The number of hydrogen-bond donors (Lipinski definition) is 2. The van der Waals surface area contributed by atoms with Gasteiger partial charge in [-0.15, -0.1) is 0 Å². The van der Waals surface area contributed by atoms with Gasteiger partial charge in [0.15, 0.2) is 0 Å². The van der Waals surface area contributed by atoms with Gasteiger partial charge in [-0.3, -0.25) is 14.3 Å². The van der Waals surface area contributed by atoms with Gasteiger partial charge in [0.25, 0.3) is 5.56 Å². The van der Waals surface area contributed by atoms with Crippen molar-refractivity contribution in [1.82, 2.24) is 9.55 Å². The molecule has 0 aliphatic rings. The molecule has 0 amide bonds. The van der Waals surface area contributed by atoms with E-state index < -0.39 is 23.3 Å². The number of H-pyrrole nitrogens is 1. The molecule has 20 heavy (non-hydrogen) atoms.